The molecule has 1 N–H and O–H groups in total. The minimum Gasteiger partial charge on any atom is -0.508 e. The van der Waals surface area contributed by atoms with Crippen LogP contribution in [0.1, 0.15) is 31.2 Å². The zero-order chi connectivity index (χ0) is 32.8. The number of amides is 4. The highest BCUT2D eigenvalue weighted by molar-refractivity contribution is 6.32. The van der Waals surface area contributed by atoms with E-state index >= 15 is 0 Å². The molecule has 2 saturated heterocycles. The molecule has 3 aromatic carbocycles. The smallest absolute Gasteiger partial charge is 0.269 e. The van der Waals surface area contributed by atoms with Crippen LogP contribution in [0, 0.1) is 45.0 Å². The molecule has 2 aliphatic carbocycles. The first-order chi connectivity index (χ1) is 21.8. The monoisotopic (exact) mass is 663 g/mol. The van der Waals surface area contributed by atoms with Gasteiger partial charge in [-0.1, -0.05) is 34.9 Å². The number of nitro benzene ring substituents is 1. The number of nitrogens with zero attached hydrogens (tertiary/aromatic N) is 3. The van der Waals surface area contributed by atoms with E-state index in [1.165, 1.54) is 54.6 Å². The van der Waals surface area contributed by atoms with Crippen molar-refractivity contribution < 1.29 is 33.6 Å². The first kappa shape index (κ1) is 30.1. The second-order valence-electron chi connectivity index (χ2n) is 12.2. The fraction of sp³-hybridized carbons (Fsp3) is 0.273. The highest BCUT2D eigenvalue weighted by Crippen LogP contribution is 2.64. The van der Waals surface area contributed by atoms with Crippen molar-refractivity contribution in [3.05, 3.63) is 104 Å². The number of hydrogen-bond donors (Lipinski definition) is 1. The maximum Gasteiger partial charge on any atom is 0.269 e. The van der Waals surface area contributed by atoms with Crippen molar-refractivity contribution in [2.24, 2.45) is 29.1 Å². The second kappa shape index (κ2) is 10.5. The Hall–Kier alpha value is -4.61. The predicted octanol–water partition coefficient (Wildman–Crippen LogP) is 6.18. The van der Waals surface area contributed by atoms with Gasteiger partial charge in [0.05, 0.1) is 44.5 Å². The quantitative estimate of drug-likeness (QED) is 0.152. The Bertz CT molecular complexity index is 1930. The number of fused-ring (bicyclic) bond motifs is 4. The summed E-state index contributed by atoms with van der Waals surface area (Å²) in [5, 5.41) is 22.3. The highest BCUT2D eigenvalue weighted by atomic mass is 35.5. The van der Waals surface area contributed by atoms with Gasteiger partial charge in [0.2, 0.25) is 23.6 Å². The van der Waals surface area contributed by atoms with Crippen molar-refractivity contribution in [1.29, 1.82) is 0 Å². The summed E-state index contributed by atoms with van der Waals surface area (Å²) in [4.78, 5) is 69.1. The van der Waals surface area contributed by atoms with Crippen molar-refractivity contribution in [3.8, 4) is 5.75 Å². The van der Waals surface area contributed by atoms with Crippen LogP contribution < -0.4 is 9.80 Å². The van der Waals surface area contributed by atoms with Crippen molar-refractivity contribution in [1.82, 2.24) is 0 Å². The third-order valence-electron chi connectivity index (χ3n) is 10.1. The van der Waals surface area contributed by atoms with Gasteiger partial charge in [-0.15, -0.1) is 0 Å². The lowest BCUT2D eigenvalue weighted by atomic mass is 9.51. The first-order valence-electron chi connectivity index (χ1n) is 14.5. The number of phenolic OH excluding ortho intramolecular Hbond substituents is 1. The van der Waals surface area contributed by atoms with Crippen molar-refractivity contribution in [2.75, 3.05) is 9.80 Å². The van der Waals surface area contributed by atoms with E-state index in [2.05, 4.69) is 0 Å². The van der Waals surface area contributed by atoms with Crippen LogP contribution in [0.25, 0.3) is 0 Å². The van der Waals surface area contributed by atoms with Crippen molar-refractivity contribution >= 4 is 63.9 Å². The summed E-state index contributed by atoms with van der Waals surface area (Å²) in [6.45, 7) is 1.64. The van der Waals surface area contributed by atoms with Gasteiger partial charge in [-0.3, -0.25) is 34.2 Å². The maximum atomic E-state index is 14.4. The summed E-state index contributed by atoms with van der Waals surface area (Å²) < 4.78 is 14.1. The SMILES string of the molecule is C[C@@]12C(=O)N(c3ccc(F)c(Cl)c3)C(=O)[C@@H]1C[C@@H]1C(=CC[C@@H]3C(=O)N(c4ccc([N+](=O)[O-])cc4)C(=O)[C@@H]31)[C@@H]2c1cc(Cl)ccc1O. The molecule has 3 fully saturated rings. The van der Waals surface area contributed by atoms with Crippen molar-refractivity contribution in [3.63, 3.8) is 0 Å². The molecule has 13 heteroatoms. The van der Waals surface area contributed by atoms with Gasteiger partial charge < -0.3 is 5.11 Å². The number of imide groups is 2. The number of nitro groups is 1. The Labute approximate surface area is 271 Å². The molecule has 2 heterocycles. The van der Waals surface area contributed by atoms with E-state index in [0.29, 0.717) is 11.1 Å². The van der Waals surface area contributed by atoms with Gasteiger partial charge in [0.25, 0.3) is 5.69 Å². The molecule has 0 radical (unpaired) electrons. The van der Waals surface area contributed by atoms with Crippen LogP contribution in [0.3, 0.4) is 0 Å². The lowest BCUT2D eigenvalue weighted by Crippen LogP contribution is -2.48. The molecule has 4 amide bonds. The molecule has 0 unspecified atom stereocenters. The number of non-ortho nitro benzene ring substituents is 1. The van der Waals surface area contributed by atoms with Gasteiger partial charge >= 0.3 is 0 Å². The molecule has 6 atom stereocenters. The van der Waals surface area contributed by atoms with E-state index in [-0.39, 0.29) is 45.7 Å². The predicted molar refractivity (Wildman–Crippen MR) is 165 cm³/mol. The fourth-order valence-electron chi connectivity index (χ4n) is 7.96. The lowest BCUT2D eigenvalue weighted by molar-refractivity contribution is -0.384. The molecular formula is C33H24Cl2FN3O7. The normalized spacial score (nSPS) is 28.6. The zero-order valence-corrected chi connectivity index (χ0v) is 25.5. The molecule has 2 aliphatic heterocycles. The summed E-state index contributed by atoms with van der Waals surface area (Å²) in [5.41, 5.74) is -0.469. The molecule has 234 valence electrons. The Morgan fingerprint density at radius 1 is 0.913 bits per heavy atom. The number of anilines is 2. The topological polar surface area (TPSA) is 138 Å². The van der Waals surface area contributed by atoms with E-state index in [4.69, 9.17) is 23.2 Å². The number of carbonyl (C=O) groups is 4. The van der Waals surface area contributed by atoms with E-state index in [1.54, 1.807) is 6.92 Å². The number of halogens is 3. The zero-order valence-electron chi connectivity index (χ0n) is 24.0. The van der Waals surface area contributed by atoms with Gasteiger partial charge in [-0.05, 0) is 74.2 Å². The number of allylic oxidation sites excluding steroid dienone is 2. The summed E-state index contributed by atoms with van der Waals surface area (Å²) in [5.74, 6) is -7.28. The first-order valence-corrected chi connectivity index (χ1v) is 15.2. The Morgan fingerprint density at radius 2 is 1.61 bits per heavy atom. The van der Waals surface area contributed by atoms with Crippen LogP contribution in [0.4, 0.5) is 21.5 Å². The molecular weight excluding hydrogens is 640 g/mol. The molecule has 7 rings (SSSR count). The van der Waals surface area contributed by atoms with Gasteiger partial charge in [0.15, 0.2) is 0 Å². The molecule has 46 heavy (non-hydrogen) atoms. The molecule has 4 aliphatic rings. The average Bonchev–Trinajstić information content (AvgIpc) is 3.39. The molecule has 10 nitrogen and oxygen atoms in total. The van der Waals surface area contributed by atoms with Crippen LogP contribution in [0.5, 0.6) is 5.75 Å². The summed E-state index contributed by atoms with van der Waals surface area (Å²) in [6, 6.07) is 13.1. The lowest BCUT2D eigenvalue weighted by Gasteiger charge is -2.49. The van der Waals surface area contributed by atoms with Crippen LogP contribution in [-0.4, -0.2) is 33.7 Å². The molecule has 0 aromatic heterocycles. The van der Waals surface area contributed by atoms with Gasteiger partial charge in [0.1, 0.15) is 11.6 Å². The number of phenols is 1. The summed E-state index contributed by atoms with van der Waals surface area (Å²) in [6.07, 6.45) is 2.02. The van der Waals surface area contributed by atoms with Gasteiger partial charge in [-0.25, -0.2) is 9.29 Å². The number of rotatable bonds is 4. The van der Waals surface area contributed by atoms with E-state index < -0.39 is 69.4 Å². The highest BCUT2D eigenvalue weighted by Gasteiger charge is 2.68. The third kappa shape index (κ3) is 4.14. The Morgan fingerprint density at radius 3 is 2.28 bits per heavy atom. The van der Waals surface area contributed by atoms with Gasteiger partial charge in [0, 0.05) is 28.6 Å². The number of carbonyl (C=O) groups excluding carboxylic acids is 4. The van der Waals surface area contributed by atoms with Crippen LogP contribution in [-0.2, 0) is 19.2 Å². The minimum absolute atomic E-state index is 0.0461. The van der Waals surface area contributed by atoms with Crippen LogP contribution in [0.2, 0.25) is 10.0 Å². The molecule has 0 spiro atoms. The number of hydrogen-bond acceptors (Lipinski definition) is 7. The van der Waals surface area contributed by atoms with E-state index in [9.17, 15) is 38.8 Å². The fourth-order valence-corrected chi connectivity index (χ4v) is 8.32. The van der Waals surface area contributed by atoms with Gasteiger partial charge in [-0.2, -0.15) is 0 Å². The largest absolute Gasteiger partial charge is 0.508 e. The van der Waals surface area contributed by atoms with Crippen molar-refractivity contribution in [2.45, 2.75) is 25.7 Å². The van der Waals surface area contributed by atoms with Crippen LogP contribution >= 0.6 is 23.2 Å². The Balaban J connectivity index is 1.36. The number of aromatic hydroxyl groups is 1. The third-order valence-corrected chi connectivity index (χ3v) is 10.6. The summed E-state index contributed by atoms with van der Waals surface area (Å²) >= 11 is 12.4. The van der Waals surface area contributed by atoms with Crippen LogP contribution in [0.15, 0.2) is 72.3 Å². The standard InChI is InChI=1S/C33H24Cl2FN3O7/c1-33-23(30(42)38(32(33)44)18-7-10-25(36)24(35)13-18)14-21-19(28(33)22-12-15(34)2-11-26(22)40)8-9-20-27(21)31(43)37(29(20)41)16-3-5-17(6-4-16)39(45)46/h2-8,10-13,20-21,23,27-28,40H,9,14H2,1H3/t20-,21+,23-,27-,28+,33+/m0/s1. The number of benzene rings is 3. The molecule has 0 bridgehead atoms. The Kier molecular flexibility index (Phi) is 6.84. The van der Waals surface area contributed by atoms with E-state index in [1.807, 2.05) is 6.08 Å². The summed E-state index contributed by atoms with van der Waals surface area (Å²) in [7, 11) is 0. The second-order valence-corrected chi connectivity index (χ2v) is 13.1. The molecule has 3 aromatic rings. The molecule has 1 saturated carbocycles. The van der Waals surface area contributed by atoms with E-state index in [0.717, 1.165) is 15.9 Å². The maximum absolute atomic E-state index is 14.4. The average molecular weight is 664 g/mol. The minimum atomic E-state index is -1.46.